The van der Waals surface area contributed by atoms with E-state index in [0.717, 1.165) is 24.9 Å². The van der Waals surface area contributed by atoms with Gasteiger partial charge in [-0.15, -0.1) is 0 Å². The van der Waals surface area contributed by atoms with E-state index in [9.17, 15) is 4.79 Å². The Morgan fingerprint density at radius 2 is 2.05 bits per heavy atom. The van der Waals surface area contributed by atoms with Gasteiger partial charge in [-0.2, -0.15) is 0 Å². The molecule has 1 saturated carbocycles. The summed E-state index contributed by atoms with van der Waals surface area (Å²) in [5, 5.41) is 6.52. The lowest BCUT2D eigenvalue weighted by Crippen LogP contribution is -2.34. The summed E-state index contributed by atoms with van der Waals surface area (Å²) in [6, 6.07) is 4.46. The highest BCUT2D eigenvalue weighted by molar-refractivity contribution is 5.93. The standard InChI is InChI=1S/C17H27N3O/c1-3-13(2)19-15-10-11-18-16(12-15)17(21)20-14-8-6-4-5-7-9-14/h10-14H,3-9H2,1-2H3,(H,18,19)(H,20,21). The summed E-state index contributed by atoms with van der Waals surface area (Å²) in [4.78, 5) is 16.5. The minimum Gasteiger partial charge on any atom is -0.382 e. The molecule has 1 heterocycles. The Bertz CT molecular complexity index is 453. The van der Waals surface area contributed by atoms with E-state index >= 15 is 0 Å². The quantitative estimate of drug-likeness (QED) is 0.812. The average molecular weight is 289 g/mol. The second kappa shape index (κ2) is 8.01. The number of anilines is 1. The fourth-order valence-electron chi connectivity index (χ4n) is 2.71. The molecule has 1 aliphatic carbocycles. The lowest BCUT2D eigenvalue weighted by Gasteiger charge is -2.17. The van der Waals surface area contributed by atoms with Crippen molar-refractivity contribution >= 4 is 11.6 Å². The maximum atomic E-state index is 12.3. The molecule has 0 spiro atoms. The van der Waals surface area contributed by atoms with Gasteiger partial charge in [0.1, 0.15) is 5.69 Å². The first-order chi connectivity index (χ1) is 10.2. The molecule has 0 aromatic carbocycles. The number of nitrogens with one attached hydrogen (secondary N) is 2. The molecule has 116 valence electrons. The summed E-state index contributed by atoms with van der Waals surface area (Å²) in [5.41, 5.74) is 1.47. The van der Waals surface area contributed by atoms with Gasteiger partial charge in [0.15, 0.2) is 0 Å². The zero-order chi connectivity index (χ0) is 15.1. The minimum absolute atomic E-state index is 0.0466. The largest absolute Gasteiger partial charge is 0.382 e. The van der Waals surface area contributed by atoms with E-state index < -0.39 is 0 Å². The van der Waals surface area contributed by atoms with E-state index in [2.05, 4.69) is 29.5 Å². The van der Waals surface area contributed by atoms with Crippen LogP contribution in [0.2, 0.25) is 0 Å². The molecule has 0 saturated heterocycles. The molecule has 1 unspecified atom stereocenters. The van der Waals surface area contributed by atoms with Gasteiger partial charge in [0, 0.05) is 24.0 Å². The Hall–Kier alpha value is -1.58. The van der Waals surface area contributed by atoms with E-state index in [1.807, 2.05) is 12.1 Å². The SMILES string of the molecule is CCC(C)Nc1ccnc(C(=O)NC2CCCCCC2)c1. The third-order valence-electron chi connectivity index (χ3n) is 4.21. The fraction of sp³-hybridized carbons (Fsp3) is 0.647. The first kappa shape index (κ1) is 15.8. The summed E-state index contributed by atoms with van der Waals surface area (Å²) in [6.45, 7) is 4.27. The molecule has 2 N–H and O–H groups in total. The monoisotopic (exact) mass is 289 g/mol. The highest BCUT2D eigenvalue weighted by atomic mass is 16.1. The summed E-state index contributed by atoms with van der Waals surface area (Å²) in [6.07, 6.45) is 9.95. The number of hydrogen-bond acceptors (Lipinski definition) is 3. The Morgan fingerprint density at radius 1 is 1.33 bits per heavy atom. The second-order valence-corrected chi connectivity index (χ2v) is 6.05. The highest BCUT2D eigenvalue weighted by Crippen LogP contribution is 2.18. The minimum atomic E-state index is -0.0466. The van der Waals surface area contributed by atoms with Crippen molar-refractivity contribution in [2.24, 2.45) is 0 Å². The van der Waals surface area contributed by atoms with E-state index in [0.29, 0.717) is 17.8 Å². The van der Waals surface area contributed by atoms with Crippen molar-refractivity contribution in [3.8, 4) is 0 Å². The van der Waals surface area contributed by atoms with E-state index in [-0.39, 0.29) is 5.91 Å². The molecule has 2 rings (SSSR count). The Kier molecular flexibility index (Phi) is 6.03. The van der Waals surface area contributed by atoms with Crippen LogP contribution in [0.5, 0.6) is 0 Å². The highest BCUT2D eigenvalue weighted by Gasteiger charge is 2.16. The molecule has 0 radical (unpaired) electrons. The van der Waals surface area contributed by atoms with Gasteiger partial charge in [0.05, 0.1) is 0 Å². The normalized spacial score (nSPS) is 17.8. The molecule has 1 aromatic rings. The van der Waals surface area contributed by atoms with Crippen LogP contribution in [0.15, 0.2) is 18.3 Å². The van der Waals surface area contributed by atoms with Gasteiger partial charge >= 0.3 is 0 Å². The van der Waals surface area contributed by atoms with Crippen LogP contribution >= 0.6 is 0 Å². The molecule has 1 fully saturated rings. The van der Waals surface area contributed by atoms with E-state index in [1.54, 1.807) is 6.20 Å². The van der Waals surface area contributed by atoms with Crippen molar-refractivity contribution < 1.29 is 4.79 Å². The molecule has 21 heavy (non-hydrogen) atoms. The van der Waals surface area contributed by atoms with Crippen LogP contribution in [0, 0.1) is 0 Å². The van der Waals surface area contributed by atoms with Crippen molar-refractivity contribution in [1.82, 2.24) is 10.3 Å². The molecule has 0 bridgehead atoms. The van der Waals surface area contributed by atoms with Crippen LogP contribution in [0.1, 0.15) is 69.3 Å². The van der Waals surface area contributed by atoms with Crippen LogP contribution < -0.4 is 10.6 Å². The summed E-state index contributed by atoms with van der Waals surface area (Å²) >= 11 is 0. The molecule has 1 aliphatic rings. The lowest BCUT2D eigenvalue weighted by atomic mass is 10.1. The number of carbonyl (C=O) groups is 1. The molecular formula is C17H27N3O. The number of pyridine rings is 1. The van der Waals surface area contributed by atoms with Crippen LogP contribution in [0.4, 0.5) is 5.69 Å². The van der Waals surface area contributed by atoms with Gasteiger partial charge in [0.25, 0.3) is 5.91 Å². The molecular weight excluding hydrogens is 262 g/mol. The second-order valence-electron chi connectivity index (χ2n) is 6.05. The van der Waals surface area contributed by atoms with Crippen molar-refractivity contribution in [2.45, 2.75) is 70.9 Å². The van der Waals surface area contributed by atoms with Crippen molar-refractivity contribution in [2.75, 3.05) is 5.32 Å². The molecule has 0 aliphatic heterocycles. The third-order valence-corrected chi connectivity index (χ3v) is 4.21. The number of carbonyl (C=O) groups excluding carboxylic acids is 1. The number of aromatic nitrogens is 1. The molecule has 4 heteroatoms. The average Bonchev–Trinajstić information content (AvgIpc) is 2.76. The number of rotatable bonds is 5. The van der Waals surface area contributed by atoms with Gasteiger partial charge in [-0.3, -0.25) is 9.78 Å². The molecule has 1 amide bonds. The van der Waals surface area contributed by atoms with Gasteiger partial charge in [-0.25, -0.2) is 0 Å². The number of nitrogens with zero attached hydrogens (tertiary/aromatic N) is 1. The maximum Gasteiger partial charge on any atom is 0.270 e. The molecule has 1 atom stereocenters. The number of hydrogen-bond donors (Lipinski definition) is 2. The maximum absolute atomic E-state index is 12.3. The topological polar surface area (TPSA) is 54.0 Å². The van der Waals surface area contributed by atoms with Crippen molar-refractivity contribution in [1.29, 1.82) is 0 Å². The van der Waals surface area contributed by atoms with Gasteiger partial charge in [-0.1, -0.05) is 32.6 Å². The summed E-state index contributed by atoms with van der Waals surface area (Å²) in [5.74, 6) is -0.0466. The first-order valence-corrected chi connectivity index (χ1v) is 8.22. The van der Waals surface area contributed by atoms with Crippen molar-refractivity contribution in [3.05, 3.63) is 24.0 Å². The molecule has 4 nitrogen and oxygen atoms in total. The molecule has 1 aromatic heterocycles. The fourth-order valence-corrected chi connectivity index (χ4v) is 2.71. The zero-order valence-electron chi connectivity index (χ0n) is 13.2. The summed E-state index contributed by atoms with van der Waals surface area (Å²) in [7, 11) is 0. The zero-order valence-corrected chi connectivity index (χ0v) is 13.2. The van der Waals surface area contributed by atoms with Crippen molar-refractivity contribution in [3.63, 3.8) is 0 Å². The van der Waals surface area contributed by atoms with E-state index in [4.69, 9.17) is 0 Å². The predicted octanol–water partition coefficient (Wildman–Crippen LogP) is 3.74. The summed E-state index contributed by atoms with van der Waals surface area (Å²) < 4.78 is 0. The van der Waals surface area contributed by atoms with Gasteiger partial charge in [0.2, 0.25) is 0 Å². The lowest BCUT2D eigenvalue weighted by molar-refractivity contribution is 0.0928. The third kappa shape index (κ3) is 5.03. The van der Waals surface area contributed by atoms with Crippen LogP contribution in [-0.2, 0) is 0 Å². The van der Waals surface area contributed by atoms with Gasteiger partial charge in [-0.05, 0) is 38.3 Å². The Balaban J connectivity index is 1.96. The van der Waals surface area contributed by atoms with Crippen LogP contribution in [0.3, 0.4) is 0 Å². The first-order valence-electron chi connectivity index (χ1n) is 8.22. The Labute approximate surface area is 127 Å². The van der Waals surface area contributed by atoms with Gasteiger partial charge < -0.3 is 10.6 Å². The number of amides is 1. The Morgan fingerprint density at radius 3 is 2.71 bits per heavy atom. The predicted molar refractivity (Wildman–Crippen MR) is 86.6 cm³/mol. The smallest absolute Gasteiger partial charge is 0.270 e. The van der Waals surface area contributed by atoms with E-state index in [1.165, 1.54) is 25.7 Å². The van der Waals surface area contributed by atoms with Crippen LogP contribution in [-0.4, -0.2) is 23.0 Å². The van der Waals surface area contributed by atoms with Crippen LogP contribution in [0.25, 0.3) is 0 Å².